The van der Waals surface area contributed by atoms with Crippen molar-refractivity contribution in [1.82, 2.24) is 25.2 Å². The minimum atomic E-state index is 0.205. The average molecular weight is 265 g/mol. The molecule has 6 nitrogen and oxygen atoms in total. The molecule has 2 aliphatic heterocycles. The van der Waals surface area contributed by atoms with Gasteiger partial charge in [-0.15, -0.1) is 5.10 Å². The standard InChI is InChI=1S/C13H23N5O/c1-17-12-4-5-14-11(13(12)15-16-17)10-19-9-8-18-6-2-3-7-18/h11,14H,2-10H2,1H3. The molecule has 2 aliphatic rings. The second kappa shape index (κ2) is 5.98. The van der Waals surface area contributed by atoms with Crippen LogP contribution in [0.4, 0.5) is 0 Å². The first-order valence-corrected chi connectivity index (χ1v) is 7.26. The Morgan fingerprint density at radius 3 is 3.05 bits per heavy atom. The second-order valence-corrected chi connectivity index (χ2v) is 5.43. The van der Waals surface area contributed by atoms with Gasteiger partial charge in [0.15, 0.2) is 0 Å². The molecule has 1 aromatic heterocycles. The quantitative estimate of drug-likeness (QED) is 0.766. The first-order valence-electron chi connectivity index (χ1n) is 7.26. The Morgan fingerprint density at radius 2 is 2.21 bits per heavy atom. The van der Waals surface area contributed by atoms with Crippen LogP contribution in [0, 0.1) is 0 Å². The van der Waals surface area contributed by atoms with Crippen LogP contribution in [0.3, 0.4) is 0 Å². The summed E-state index contributed by atoms with van der Waals surface area (Å²) < 4.78 is 7.70. The number of nitrogens with one attached hydrogen (secondary N) is 1. The molecule has 1 N–H and O–H groups in total. The van der Waals surface area contributed by atoms with Crippen LogP contribution in [0.25, 0.3) is 0 Å². The minimum Gasteiger partial charge on any atom is -0.378 e. The van der Waals surface area contributed by atoms with Crippen LogP contribution in [0.2, 0.25) is 0 Å². The van der Waals surface area contributed by atoms with Gasteiger partial charge in [0.25, 0.3) is 0 Å². The summed E-state index contributed by atoms with van der Waals surface area (Å²) in [6.07, 6.45) is 3.68. The van der Waals surface area contributed by atoms with Gasteiger partial charge in [0.05, 0.1) is 24.9 Å². The smallest absolute Gasteiger partial charge is 0.105 e. The Balaban J connectivity index is 1.45. The minimum absolute atomic E-state index is 0.205. The molecule has 19 heavy (non-hydrogen) atoms. The highest BCUT2D eigenvalue weighted by atomic mass is 16.5. The highest BCUT2D eigenvalue weighted by Gasteiger charge is 2.24. The van der Waals surface area contributed by atoms with Gasteiger partial charge in [-0.1, -0.05) is 5.21 Å². The number of hydrogen-bond acceptors (Lipinski definition) is 5. The highest BCUT2D eigenvalue weighted by Crippen LogP contribution is 2.19. The van der Waals surface area contributed by atoms with Crippen LogP contribution in [0.15, 0.2) is 0 Å². The number of nitrogens with zero attached hydrogens (tertiary/aromatic N) is 4. The fourth-order valence-corrected chi connectivity index (χ4v) is 2.95. The van der Waals surface area contributed by atoms with Crippen molar-refractivity contribution in [3.8, 4) is 0 Å². The van der Waals surface area contributed by atoms with Crippen LogP contribution in [-0.2, 0) is 18.2 Å². The molecule has 3 rings (SSSR count). The topological polar surface area (TPSA) is 55.2 Å². The third-order valence-electron chi connectivity index (χ3n) is 4.09. The van der Waals surface area contributed by atoms with Crippen LogP contribution in [0.1, 0.15) is 30.3 Å². The highest BCUT2D eigenvalue weighted by molar-refractivity contribution is 5.18. The van der Waals surface area contributed by atoms with Crippen molar-refractivity contribution in [3.63, 3.8) is 0 Å². The van der Waals surface area contributed by atoms with Gasteiger partial charge in [-0.2, -0.15) is 0 Å². The molecule has 1 unspecified atom stereocenters. The number of aromatic nitrogens is 3. The van der Waals surface area contributed by atoms with Gasteiger partial charge in [-0.05, 0) is 25.9 Å². The molecule has 3 heterocycles. The lowest BCUT2D eigenvalue weighted by Crippen LogP contribution is -2.34. The maximum atomic E-state index is 5.82. The molecule has 1 fully saturated rings. The Hall–Kier alpha value is -0.980. The summed E-state index contributed by atoms with van der Waals surface area (Å²) in [5.41, 5.74) is 2.31. The van der Waals surface area contributed by atoms with E-state index in [2.05, 4.69) is 20.5 Å². The Labute approximate surface area is 114 Å². The van der Waals surface area contributed by atoms with E-state index in [-0.39, 0.29) is 6.04 Å². The van der Waals surface area contributed by atoms with Crippen LogP contribution in [0.5, 0.6) is 0 Å². The fourth-order valence-electron chi connectivity index (χ4n) is 2.95. The summed E-state index contributed by atoms with van der Waals surface area (Å²) in [5.74, 6) is 0. The van der Waals surface area contributed by atoms with Gasteiger partial charge in [-0.25, -0.2) is 0 Å². The van der Waals surface area contributed by atoms with Gasteiger partial charge >= 0.3 is 0 Å². The van der Waals surface area contributed by atoms with Crippen LogP contribution < -0.4 is 5.32 Å². The molecule has 0 saturated carbocycles. The zero-order valence-electron chi connectivity index (χ0n) is 11.6. The third kappa shape index (κ3) is 2.96. The van der Waals surface area contributed by atoms with Crippen molar-refractivity contribution in [2.75, 3.05) is 39.4 Å². The molecular formula is C13H23N5O. The van der Waals surface area contributed by atoms with Gasteiger partial charge in [0.2, 0.25) is 0 Å². The molecule has 0 spiro atoms. The van der Waals surface area contributed by atoms with E-state index in [9.17, 15) is 0 Å². The van der Waals surface area contributed by atoms with Crippen molar-refractivity contribution in [1.29, 1.82) is 0 Å². The molecule has 1 atom stereocenters. The van der Waals surface area contributed by atoms with Crippen LogP contribution in [-0.4, -0.2) is 59.3 Å². The predicted octanol–water partition coefficient (Wildman–Crippen LogP) is 0.114. The van der Waals surface area contributed by atoms with E-state index in [0.717, 1.165) is 31.8 Å². The summed E-state index contributed by atoms with van der Waals surface area (Å²) in [7, 11) is 1.96. The maximum Gasteiger partial charge on any atom is 0.105 e. The van der Waals surface area contributed by atoms with Crippen molar-refractivity contribution < 1.29 is 4.74 Å². The summed E-state index contributed by atoms with van der Waals surface area (Å²) in [6.45, 7) is 6.01. The first kappa shape index (κ1) is 13.0. The van der Waals surface area contributed by atoms with E-state index in [1.54, 1.807) is 0 Å². The number of ether oxygens (including phenoxy) is 1. The number of aryl methyl sites for hydroxylation is 1. The van der Waals surface area contributed by atoms with E-state index in [0.29, 0.717) is 6.61 Å². The Bertz CT molecular complexity index is 413. The molecular weight excluding hydrogens is 242 g/mol. The summed E-state index contributed by atoms with van der Waals surface area (Å²) in [4.78, 5) is 2.47. The lowest BCUT2D eigenvalue weighted by atomic mass is 10.1. The average Bonchev–Trinajstić information content (AvgIpc) is 3.06. The lowest BCUT2D eigenvalue weighted by molar-refractivity contribution is 0.0902. The fraction of sp³-hybridized carbons (Fsp3) is 0.846. The van der Waals surface area contributed by atoms with Crippen molar-refractivity contribution in [2.45, 2.75) is 25.3 Å². The molecule has 6 heteroatoms. The zero-order chi connectivity index (χ0) is 13.1. The SMILES string of the molecule is Cn1nnc2c1CCNC2COCCN1CCCC1. The van der Waals surface area contributed by atoms with Gasteiger partial charge in [0.1, 0.15) is 5.69 Å². The van der Waals surface area contributed by atoms with E-state index in [1.807, 2.05) is 11.7 Å². The maximum absolute atomic E-state index is 5.82. The van der Waals surface area contributed by atoms with Crippen molar-refractivity contribution in [3.05, 3.63) is 11.4 Å². The molecule has 0 aliphatic carbocycles. The number of hydrogen-bond donors (Lipinski definition) is 1. The molecule has 0 aromatic carbocycles. The first-order chi connectivity index (χ1) is 9.34. The summed E-state index contributed by atoms with van der Waals surface area (Å²) in [5, 5.41) is 11.8. The van der Waals surface area contributed by atoms with Crippen molar-refractivity contribution >= 4 is 0 Å². The van der Waals surface area contributed by atoms with E-state index in [4.69, 9.17) is 4.74 Å². The predicted molar refractivity (Wildman–Crippen MR) is 71.9 cm³/mol. The second-order valence-electron chi connectivity index (χ2n) is 5.43. The van der Waals surface area contributed by atoms with Crippen LogP contribution >= 0.6 is 0 Å². The van der Waals surface area contributed by atoms with E-state index < -0.39 is 0 Å². The molecule has 0 bridgehead atoms. The van der Waals surface area contributed by atoms with Gasteiger partial charge < -0.3 is 15.0 Å². The van der Waals surface area contributed by atoms with Crippen molar-refractivity contribution in [2.24, 2.45) is 7.05 Å². The summed E-state index contributed by atoms with van der Waals surface area (Å²) >= 11 is 0. The molecule has 0 radical (unpaired) electrons. The lowest BCUT2D eigenvalue weighted by Gasteiger charge is -2.23. The number of rotatable bonds is 5. The van der Waals surface area contributed by atoms with Gasteiger partial charge in [0, 0.05) is 26.6 Å². The van der Waals surface area contributed by atoms with E-state index in [1.165, 1.54) is 31.6 Å². The number of fused-ring (bicyclic) bond motifs is 1. The molecule has 106 valence electrons. The summed E-state index contributed by atoms with van der Waals surface area (Å²) in [6, 6.07) is 0.205. The Morgan fingerprint density at radius 1 is 1.37 bits per heavy atom. The largest absolute Gasteiger partial charge is 0.378 e. The normalized spacial score (nSPS) is 23.7. The van der Waals surface area contributed by atoms with E-state index >= 15 is 0 Å². The molecule has 1 aromatic rings. The molecule has 0 amide bonds. The Kier molecular flexibility index (Phi) is 4.10. The molecule has 1 saturated heterocycles. The van der Waals surface area contributed by atoms with Gasteiger partial charge in [-0.3, -0.25) is 4.68 Å². The zero-order valence-corrected chi connectivity index (χ0v) is 11.6. The monoisotopic (exact) mass is 265 g/mol. The third-order valence-corrected chi connectivity index (χ3v) is 4.09. The number of likely N-dealkylation sites (tertiary alicyclic amines) is 1.